The number of hydrogen-bond donors (Lipinski definition) is 0. The summed E-state index contributed by atoms with van der Waals surface area (Å²) in [6.07, 6.45) is 10.8. The first-order valence-electron chi connectivity index (χ1n) is 8.65. The number of fused-ring (bicyclic) bond motifs is 2. The molecule has 2 heterocycles. The van der Waals surface area contributed by atoms with E-state index in [1.165, 1.54) is 11.8 Å². The quantitative estimate of drug-likeness (QED) is 0.147. The van der Waals surface area contributed by atoms with E-state index < -0.39 is 5.41 Å². The molecule has 1 radical (unpaired) electrons. The van der Waals surface area contributed by atoms with E-state index in [4.69, 9.17) is 4.52 Å². The van der Waals surface area contributed by atoms with Crippen LogP contribution in [-0.4, -0.2) is 30.9 Å². The molecule has 0 bridgehead atoms. The predicted octanol–water partition coefficient (Wildman–Crippen LogP) is 4.12. The van der Waals surface area contributed by atoms with Crippen molar-refractivity contribution in [3.63, 3.8) is 0 Å². The number of carbonyl (C=O) groups is 1. The Bertz CT molecular complexity index is 903. The minimum atomic E-state index is -0.503. The smallest absolute Gasteiger partial charge is 0.850 e. The van der Waals surface area contributed by atoms with Gasteiger partial charge in [0.25, 0.3) is 0 Å². The maximum Gasteiger partial charge on any atom is 2.00 e. The minimum absolute atomic E-state index is 0. The zero-order valence-electron chi connectivity index (χ0n) is 14.7. The monoisotopic (exact) mass is 535 g/mol. The van der Waals surface area contributed by atoms with Gasteiger partial charge in [-0.3, -0.25) is 4.79 Å². The number of rotatable bonds is 3. The van der Waals surface area contributed by atoms with Gasteiger partial charge in [-0.15, -0.1) is 28.2 Å². The number of thioether (sulfide) groups is 1. The standard InChI is InChI=1S/C18H17IN4O2S.Mn/c1-26-17-11(15(19)20)9-21-16(22-17)13-10-5-4-8-18(14(10)25-23-13)7-3-2-6-12(18)24;/h2-8H2,1H3;/q-2;+2/t18-;/m1./s1. The van der Waals surface area contributed by atoms with Crippen LogP contribution in [0.1, 0.15) is 55.4 Å². The van der Waals surface area contributed by atoms with Crippen LogP contribution in [0.5, 0.6) is 0 Å². The molecule has 9 heteroatoms. The Labute approximate surface area is 186 Å². The Balaban J connectivity index is 0.00000210. The molecule has 2 aliphatic rings. The molecule has 2 aromatic rings. The average Bonchev–Trinajstić information content (AvgIpc) is 3.09. The first-order valence-corrected chi connectivity index (χ1v) is 11.0. The van der Waals surface area contributed by atoms with Crippen molar-refractivity contribution in [1.29, 1.82) is 0 Å². The summed E-state index contributed by atoms with van der Waals surface area (Å²) in [6.45, 7) is 0. The van der Waals surface area contributed by atoms with Gasteiger partial charge in [0, 0.05) is 17.0 Å². The van der Waals surface area contributed by atoms with Crippen LogP contribution in [0.4, 0.5) is 0 Å². The molecular weight excluding hydrogens is 518 g/mol. The molecule has 1 spiro atoms. The molecular formula is C18H17IMnN4O2S. The van der Waals surface area contributed by atoms with E-state index >= 15 is 0 Å². The number of nitrogens with zero attached hydrogens (tertiary/aromatic N) is 4. The second kappa shape index (κ2) is 8.31. The molecule has 0 saturated heterocycles. The summed E-state index contributed by atoms with van der Waals surface area (Å²) in [5, 5.41) is 14.6. The average molecular weight is 535 g/mol. The van der Waals surface area contributed by atoms with E-state index in [0.29, 0.717) is 28.5 Å². The third-order valence-electron chi connectivity index (χ3n) is 5.35. The van der Waals surface area contributed by atoms with Gasteiger partial charge in [-0.25, -0.2) is 0 Å². The van der Waals surface area contributed by atoms with Crippen molar-refractivity contribution >= 4 is 43.9 Å². The Morgan fingerprint density at radius 2 is 2.07 bits per heavy atom. The van der Waals surface area contributed by atoms with E-state index in [1.54, 1.807) is 0 Å². The molecule has 27 heavy (non-hydrogen) atoms. The molecule has 141 valence electrons. The van der Waals surface area contributed by atoms with E-state index in [-0.39, 0.29) is 26.6 Å². The summed E-state index contributed by atoms with van der Waals surface area (Å²) in [5.74, 6) is 1.44. The Hall–Kier alpha value is -0.771. The number of carbonyl (C=O) groups excluding carboxylic acids is 1. The molecule has 4 rings (SSSR count). The summed E-state index contributed by atoms with van der Waals surface area (Å²) >= 11 is 3.23. The van der Waals surface area contributed by atoms with Crippen LogP contribution >= 0.6 is 34.4 Å². The van der Waals surface area contributed by atoms with E-state index in [0.717, 1.165) is 49.8 Å². The zero-order valence-corrected chi connectivity index (χ0v) is 18.9. The summed E-state index contributed by atoms with van der Waals surface area (Å²) < 4.78 is 5.83. The molecule has 1 fully saturated rings. The third-order valence-corrected chi connectivity index (χ3v) is 6.57. The van der Waals surface area contributed by atoms with E-state index in [2.05, 4.69) is 21.3 Å². The van der Waals surface area contributed by atoms with Crippen LogP contribution in [0.2, 0.25) is 0 Å². The van der Waals surface area contributed by atoms with Crippen molar-refractivity contribution < 1.29 is 26.4 Å². The maximum atomic E-state index is 12.7. The topological polar surface area (TPSA) is 91.2 Å². The van der Waals surface area contributed by atoms with Crippen LogP contribution in [-0.2, 0) is 33.7 Å². The fourth-order valence-electron chi connectivity index (χ4n) is 4.09. The van der Waals surface area contributed by atoms with Gasteiger partial charge in [-0.2, -0.15) is 15.5 Å². The van der Waals surface area contributed by atoms with Gasteiger partial charge >= 0.3 is 17.1 Å². The summed E-state index contributed by atoms with van der Waals surface area (Å²) in [4.78, 5) is 21.6. The molecule has 2 aliphatic carbocycles. The van der Waals surface area contributed by atoms with Crippen molar-refractivity contribution in [3.05, 3.63) is 28.5 Å². The van der Waals surface area contributed by atoms with Gasteiger partial charge in [0.15, 0.2) is 5.76 Å². The largest absolute Gasteiger partial charge is 2.00 e. The van der Waals surface area contributed by atoms with Gasteiger partial charge < -0.3 is 19.9 Å². The molecule has 0 amide bonds. The van der Waals surface area contributed by atoms with Crippen LogP contribution in [0.25, 0.3) is 16.9 Å². The third kappa shape index (κ3) is 3.52. The van der Waals surface area contributed by atoms with Crippen molar-refractivity contribution in [3.8, 4) is 11.5 Å². The molecule has 6 nitrogen and oxygen atoms in total. The SMILES string of the molecule is CSc1nc(-c2noc3c2CCC[C@@]32CCCCC2=O)n[c-]c1C(=[N-])I.[Mn+2]. The second-order valence-electron chi connectivity index (χ2n) is 6.74. The molecule has 2 aromatic heterocycles. The van der Waals surface area contributed by atoms with Crippen molar-refractivity contribution in [2.75, 3.05) is 6.26 Å². The minimum Gasteiger partial charge on any atom is -0.850 e. The van der Waals surface area contributed by atoms with Gasteiger partial charge in [-0.05, 0) is 44.6 Å². The fraction of sp³-hybridized carbons (Fsp3) is 0.500. The Kier molecular flexibility index (Phi) is 6.44. The van der Waals surface area contributed by atoms with Crippen LogP contribution in [0, 0.1) is 6.20 Å². The number of Topliss-reactive ketones (excluding diaryl/α,β-unsaturated/α-hetero) is 1. The Morgan fingerprint density at radius 3 is 2.78 bits per heavy atom. The van der Waals surface area contributed by atoms with Crippen LogP contribution < -0.4 is 0 Å². The second-order valence-corrected chi connectivity index (χ2v) is 8.56. The normalized spacial score (nSPS) is 21.6. The van der Waals surface area contributed by atoms with Gasteiger partial charge in [0.1, 0.15) is 11.5 Å². The first kappa shape index (κ1) is 21.0. The van der Waals surface area contributed by atoms with Gasteiger partial charge in [-0.1, -0.05) is 11.6 Å². The summed E-state index contributed by atoms with van der Waals surface area (Å²) in [7, 11) is 0. The van der Waals surface area contributed by atoms with Crippen molar-refractivity contribution in [1.82, 2.24) is 15.1 Å². The fourth-order valence-corrected chi connectivity index (χ4v) is 5.17. The molecule has 0 N–H and O–H groups in total. The van der Waals surface area contributed by atoms with Crippen molar-refractivity contribution in [2.45, 2.75) is 55.4 Å². The first-order chi connectivity index (χ1) is 12.6. The zero-order chi connectivity index (χ0) is 18.3. The predicted molar refractivity (Wildman–Crippen MR) is 108 cm³/mol. The summed E-state index contributed by atoms with van der Waals surface area (Å²) in [5.41, 5.74) is 1.54. The number of aromatic nitrogens is 3. The molecule has 0 aromatic carbocycles. The number of ketones is 1. The van der Waals surface area contributed by atoms with Crippen LogP contribution in [0.15, 0.2) is 9.55 Å². The van der Waals surface area contributed by atoms with Gasteiger partial charge in [0.2, 0.25) is 0 Å². The molecule has 0 unspecified atom stereocenters. The van der Waals surface area contributed by atoms with E-state index in [1.807, 2.05) is 28.8 Å². The molecule has 1 saturated carbocycles. The molecule has 1 atom stereocenters. The number of halogens is 1. The van der Waals surface area contributed by atoms with E-state index in [9.17, 15) is 10.2 Å². The van der Waals surface area contributed by atoms with Crippen LogP contribution in [0.3, 0.4) is 0 Å². The van der Waals surface area contributed by atoms with Crippen molar-refractivity contribution in [2.24, 2.45) is 0 Å². The van der Waals surface area contributed by atoms with Gasteiger partial charge in [0.05, 0.1) is 11.2 Å². The maximum absolute atomic E-state index is 12.7. The number of hydrogen-bond acceptors (Lipinski definition) is 6. The summed E-state index contributed by atoms with van der Waals surface area (Å²) in [6, 6.07) is 0. The Morgan fingerprint density at radius 1 is 1.30 bits per heavy atom. The molecule has 0 aliphatic heterocycles.